The van der Waals surface area contributed by atoms with Gasteiger partial charge in [-0.05, 0) is 31.0 Å². The summed E-state index contributed by atoms with van der Waals surface area (Å²) in [5.41, 5.74) is 6.58. The molecule has 2 unspecified atom stereocenters. The van der Waals surface area contributed by atoms with Crippen LogP contribution in [0.1, 0.15) is 24.9 Å². The second-order valence-corrected chi connectivity index (χ2v) is 7.50. The molecular weight excluding hydrogens is 300 g/mol. The second-order valence-electron chi connectivity index (χ2n) is 4.81. The first-order valence-electron chi connectivity index (χ1n) is 6.18. The molecule has 1 aromatic carbocycles. The van der Waals surface area contributed by atoms with Crippen molar-refractivity contribution in [1.29, 1.82) is 0 Å². The summed E-state index contributed by atoms with van der Waals surface area (Å²) in [4.78, 5) is 11.9. The van der Waals surface area contributed by atoms with E-state index in [4.69, 9.17) is 17.3 Å². The molecule has 7 heteroatoms. The molecule has 0 fully saturated rings. The number of nitrogens with one attached hydrogen (secondary N) is 1. The highest BCUT2D eigenvalue weighted by Gasteiger charge is 2.18. The van der Waals surface area contributed by atoms with E-state index in [1.54, 1.807) is 12.1 Å². The summed E-state index contributed by atoms with van der Waals surface area (Å²) in [5.74, 6) is -0.465. The van der Waals surface area contributed by atoms with Gasteiger partial charge in [-0.15, -0.1) is 0 Å². The van der Waals surface area contributed by atoms with E-state index in [9.17, 15) is 13.2 Å². The van der Waals surface area contributed by atoms with Gasteiger partial charge >= 0.3 is 0 Å². The van der Waals surface area contributed by atoms with E-state index in [0.717, 1.165) is 11.8 Å². The van der Waals surface area contributed by atoms with Gasteiger partial charge in [0.1, 0.15) is 9.84 Å². The minimum atomic E-state index is -3.11. The molecule has 3 N–H and O–H groups in total. The number of nitrogens with two attached hydrogens (primary N) is 1. The summed E-state index contributed by atoms with van der Waals surface area (Å²) < 4.78 is 22.1. The minimum Gasteiger partial charge on any atom is -0.348 e. The van der Waals surface area contributed by atoms with Gasteiger partial charge in [-0.1, -0.05) is 23.7 Å². The van der Waals surface area contributed by atoms with Crippen LogP contribution in [0.3, 0.4) is 0 Å². The molecule has 20 heavy (non-hydrogen) atoms. The maximum absolute atomic E-state index is 11.9. The lowest BCUT2D eigenvalue weighted by molar-refractivity contribution is -0.123. The highest BCUT2D eigenvalue weighted by molar-refractivity contribution is 7.90. The zero-order chi connectivity index (χ0) is 15.3. The summed E-state index contributed by atoms with van der Waals surface area (Å²) in [5, 5.41) is 3.37. The summed E-state index contributed by atoms with van der Waals surface area (Å²) in [6, 6.07) is 6.06. The van der Waals surface area contributed by atoms with Crippen LogP contribution < -0.4 is 11.1 Å². The van der Waals surface area contributed by atoms with E-state index in [2.05, 4.69) is 5.32 Å². The Morgan fingerprint density at radius 3 is 2.40 bits per heavy atom. The summed E-state index contributed by atoms with van der Waals surface area (Å²) in [6.45, 7) is 1.82. The average molecular weight is 319 g/mol. The summed E-state index contributed by atoms with van der Waals surface area (Å²) >= 11 is 5.79. The maximum Gasteiger partial charge on any atom is 0.237 e. The third-order valence-corrected chi connectivity index (χ3v) is 4.09. The van der Waals surface area contributed by atoms with Gasteiger partial charge in [0.05, 0.1) is 17.8 Å². The van der Waals surface area contributed by atoms with E-state index >= 15 is 0 Å². The SMILES string of the molecule is CC(NC(=O)C(N)CCS(C)(=O)=O)c1ccc(Cl)cc1. The zero-order valence-electron chi connectivity index (χ0n) is 11.5. The Morgan fingerprint density at radius 1 is 1.35 bits per heavy atom. The molecule has 112 valence electrons. The normalized spacial score (nSPS) is 14.6. The Bertz CT molecular complexity index is 557. The molecule has 5 nitrogen and oxygen atoms in total. The number of hydrogen-bond acceptors (Lipinski definition) is 4. The summed E-state index contributed by atoms with van der Waals surface area (Å²) in [7, 11) is -3.11. The Labute approximate surface area is 124 Å². The van der Waals surface area contributed by atoms with Gasteiger partial charge in [0.25, 0.3) is 0 Å². The number of amides is 1. The molecule has 0 heterocycles. The van der Waals surface area contributed by atoms with E-state index < -0.39 is 15.9 Å². The first-order valence-corrected chi connectivity index (χ1v) is 8.62. The van der Waals surface area contributed by atoms with Crippen molar-refractivity contribution in [2.45, 2.75) is 25.4 Å². The predicted octanol–water partition coefficient (Wildman–Crippen LogP) is 1.28. The number of hydrogen-bond donors (Lipinski definition) is 2. The van der Waals surface area contributed by atoms with Crippen molar-refractivity contribution in [1.82, 2.24) is 5.32 Å². The fourth-order valence-corrected chi connectivity index (χ4v) is 2.44. The van der Waals surface area contributed by atoms with E-state index in [1.165, 1.54) is 0 Å². The molecule has 0 saturated carbocycles. The van der Waals surface area contributed by atoms with E-state index in [1.807, 2.05) is 19.1 Å². The van der Waals surface area contributed by atoms with Crippen LogP contribution in [-0.2, 0) is 14.6 Å². The van der Waals surface area contributed by atoms with Crippen LogP contribution >= 0.6 is 11.6 Å². The summed E-state index contributed by atoms with van der Waals surface area (Å²) in [6.07, 6.45) is 1.23. The van der Waals surface area contributed by atoms with Crippen LogP contribution in [0.25, 0.3) is 0 Å². The van der Waals surface area contributed by atoms with Gasteiger partial charge in [-0.25, -0.2) is 8.42 Å². The van der Waals surface area contributed by atoms with Crippen LogP contribution in [0.2, 0.25) is 5.02 Å². The lowest BCUT2D eigenvalue weighted by atomic mass is 10.1. The first-order chi connectivity index (χ1) is 9.19. The smallest absolute Gasteiger partial charge is 0.237 e. The molecule has 0 saturated heterocycles. The molecule has 1 aromatic rings. The lowest BCUT2D eigenvalue weighted by Crippen LogP contribution is -2.42. The molecule has 2 atom stereocenters. The molecule has 0 aliphatic carbocycles. The molecule has 0 bridgehead atoms. The van der Waals surface area contributed by atoms with Crippen LogP contribution in [-0.4, -0.2) is 32.4 Å². The Kier molecular flexibility index (Phi) is 5.98. The van der Waals surface area contributed by atoms with Crippen molar-refractivity contribution < 1.29 is 13.2 Å². The molecule has 0 aliphatic rings. The number of sulfone groups is 1. The van der Waals surface area contributed by atoms with Crippen molar-refractivity contribution in [3.8, 4) is 0 Å². The van der Waals surface area contributed by atoms with Gasteiger partial charge in [0, 0.05) is 11.3 Å². The van der Waals surface area contributed by atoms with E-state index in [-0.39, 0.29) is 24.1 Å². The lowest BCUT2D eigenvalue weighted by Gasteiger charge is -2.17. The first kappa shape index (κ1) is 16.9. The Balaban J connectivity index is 2.54. The molecule has 1 amide bonds. The van der Waals surface area contributed by atoms with Crippen LogP contribution in [0.15, 0.2) is 24.3 Å². The zero-order valence-corrected chi connectivity index (χ0v) is 13.0. The van der Waals surface area contributed by atoms with Gasteiger partial charge in [0.2, 0.25) is 5.91 Å². The van der Waals surface area contributed by atoms with E-state index in [0.29, 0.717) is 5.02 Å². The predicted molar refractivity (Wildman–Crippen MR) is 80.3 cm³/mol. The van der Waals surface area contributed by atoms with Crippen molar-refractivity contribution >= 4 is 27.3 Å². The number of carbonyl (C=O) groups is 1. The Hall–Kier alpha value is -1.11. The molecular formula is C13H19ClN2O3S. The van der Waals surface area contributed by atoms with Crippen LogP contribution in [0.5, 0.6) is 0 Å². The highest BCUT2D eigenvalue weighted by Crippen LogP contribution is 2.16. The van der Waals surface area contributed by atoms with Crippen molar-refractivity contribution in [3.05, 3.63) is 34.9 Å². The minimum absolute atomic E-state index is 0.100. The highest BCUT2D eigenvalue weighted by atomic mass is 35.5. The standard InChI is InChI=1S/C13H19ClN2O3S/c1-9(10-3-5-11(14)6-4-10)16-13(17)12(15)7-8-20(2,18)19/h3-6,9,12H,7-8,15H2,1-2H3,(H,16,17). The maximum atomic E-state index is 11.9. The van der Waals surface area contributed by atoms with Gasteiger partial charge in [0.15, 0.2) is 0 Å². The number of halogens is 1. The van der Waals surface area contributed by atoms with Crippen molar-refractivity contribution in [2.75, 3.05) is 12.0 Å². The van der Waals surface area contributed by atoms with Crippen molar-refractivity contribution in [3.63, 3.8) is 0 Å². The topological polar surface area (TPSA) is 89.3 Å². The van der Waals surface area contributed by atoms with Gasteiger partial charge < -0.3 is 11.1 Å². The number of benzene rings is 1. The molecule has 1 rings (SSSR count). The molecule has 0 aromatic heterocycles. The van der Waals surface area contributed by atoms with Crippen molar-refractivity contribution in [2.24, 2.45) is 5.73 Å². The van der Waals surface area contributed by atoms with Gasteiger partial charge in [-0.2, -0.15) is 0 Å². The molecule has 0 aliphatic heterocycles. The Morgan fingerprint density at radius 2 is 1.90 bits per heavy atom. The average Bonchev–Trinajstić information content (AvgIpc) is 2.35. The number of carbonyl (C=O) groups excluding carboxylic acids is 1. The van der Waals surface area contributed by atoms with Crippen LogP contribution in [0, 0.1) is 0 Å². The molecule has 0 radical (unpaired) electrons. The van der Waals surface area contributed by atoms with Crippen LogP contribution in [0.4, 0.5) is 0 Å². The largest absolute Gasteiger partial charge is 0.348 e. The molecule has 0 spiro atoms. The fraction of sp³-hybridized carbons (Fsp3) is 0.462. The third-order valence-electron chi connectivity index (χ3n) is 2.87. The fourth-order valence-electron chi connectivity index (χ4n) is 1.63. The monoisotopic (exact) mass is 318 g/mol. The van der Waals surface area contributed by atoms with Gasteiger partial charge in [-0.3, -0.25) is 4.79 Å². The second kappa shape index (κ2) is 7.06. The number of rotatable bonds is 6. The quantitative estimate of drug-likeness (QED) is 0.827. The third kappa shape index (κ3) is 5.90.